The van der Waals surface area contributed by atoms with Crippen LogP contribution >= 0.6 is 0 Å². The molecule has 0 amide bonds. The van der Waals surface area contributed by atoms with E-state index in [0.29, 0.717) is 18.4 Å². The number of aliphatic hydroxyl groups excluding tert-OH is 1. The fraction of sp³-hybridized carbons (Fsp3) is 0.857. The number of allylic oxidation sites excluding steroid dienone is 1. The van der Waals surface area contributed by atoms with Crippen LogP contribution in [0.2, 0.25) is 0 Å². The topological polar surface area (TPSA) is 65.0 Å². The molecule has 2 rings (SSSR count). The van der Waals surface area contributed by atoms with E-state index in [-0.39, 0.29) is 31.7 Å². The van der Waals surface area contributed by atoms with Crippen molar-refractivity contribution < 1.29 is 24.4 Å². The standard InChI is InChI=1S/C21H36O5/c1-16-4-8-18(9-5-16)12-25-26-15-21(3,13-22)14-24-20(23)19-10-6-17(2)7-11-19/h6,10,16-19,22H,4-5,7-9,11-15H2,1-3H3. The third-order valence-corrected chi connectivity index (χ3v) is 5.78. The number of ether oxygens (including phenoxy) is 1. The number of rotatable bonds is 9. The van der Waals surface area contributed by atoms with E-state index in [1.165, 1.54) is 25.7 Å². The molecule has 150 valence electrons. The molecule has 0 spiro atoms. The molecule has 2 aliphatic rings. The van der Waals surface area contributed by atoms with Crippen molar-refractivity contribution in [3.63, 3.8) is 0 Å². The van der Waals surface area contributed by atoms with Gasteiger partial charge in [-0.2, -0.15) is 0 Å². The summed E-state index contributed by atoms with van der Waals surface area (Å²) < 4.78 is 5.45. The normalized spacial score (nSPS) is 31.4. The van der Waals surface area contributed by atoms with Crippen LogP contribution < -0.4 is 0 Å². The average molecular weight is 369 g/mol. The molecule has 3 atom stereocenters. The highest BCUT2D eigenvalue weighted by Crippen LogP contribution is 2.29. The first-order valence-electron chi connectivity index (χ1n) is 10.1. The molecular weight excluding hydrogens is 332 g/mol. The van der Waals surface area contributed by atoms with Gasteiger partial charge in [0.25, 0.3) is 0 Å². The van der Waals surface area contributed by atoms with E-state index < -0.39 is 5.41 Å². The van der Waals surface area contributed by atoms with Crippen LogP contribution in [0.25, 0.3) is 0 Å². The van der Waals surface area contributed by atoms with Crippen LogP contribution in [0.5, 0.6) is 0 Å². The Balaban J connectivity index is 1.65. The van der Waals surface area contributed by atoms with E-state index >= 15 is 0 Å². The zero-order valence-electron chi connectivity index (χ0n) is 16.6. The highest BCUT2D eigenvalue weighted by molar-refractivity contribution is 5.74. The Morgan fingerprint density at radius 3 is 2.38 bits per heavy atom. The maximum Gasteiger partial charge on any atom is 0.312 e. The number of hydrogen-bond acceptors (Lipinski definition) is 5. The van der Waals surface area contributed by atoms with Crippen molar-refractivity contribution in [2.75, 3.05) is 26.4 Å². The molecule has 0 aliphatic heterocycles. The van der Waals surface area contributed by atoms with E-state index in [0.717, 1.165) is 18.8 Å². The van der Waals surface area contributed by atoms with Gasteiger partial charge in [-0.15, -0.1) is 0 Å². The molecule has 0 saturated heterocycles. The quantitative estimate of drug-likeness (QED) is 0.220. The lowest BCUT2D eigenvalue weighted by atomic mass is 9.83. The van der Waals surface area contributed by atoms with E-state index in [1.54, 1.807) is 0 Å². The summed E-state index contributed by atoms with van der Waals surface area (Å²) in [6.07, 6.45) is 10.7. The van der Waals surface area contributed by atoms with Crippen LogP contribution in [0.1, 0.15) is 59.3 Å². The van der Waals surface area contributed by atoms with E-state index in [2.05, 4.69) is 19.9 Å². The molecule has 5 heteroatoms. The smallest absolute Gasteiger partial charge is 0.312 e. The molecule has 0 aromatic rings. The summed E-state index contributed by atoms with van der Waals surface area (Å²) >= 11 is 0. The predicted molar refractivity (Wildman–Crippen MR) is 100 cm³/mol. The summed E-state index contributed by atoms with van der Waals surface area (Å²) in [7, 11) is 0. The van der Waals surface area contributed by atoms with Gasteiger partial charge in [0, 0.05) is 0 Å². The number of carbonyl (C=O) groups excluding carboxylic acids is 1. The minimum absolute atomic E-state index is 0.123. The SMILES string of the molecule is CC1C=CC(C(=O)OCC(C)(CO)COOCC2CCC(C)CC2)CC1. The highest BCUT2D eigenvalue weighted by Gasteiger charge is 2.29. The van der Waals surface area contributed by atoms with Gasteiger partial charge in [0.1, 0.15) is 6.61 Å². The second-order valence-electron chi connectivity index (χ2n) is 8.80. The van der Waals surface area contributed by atoms with Crippen molar-refractivity contribution in [2.24, 2.45) is 29.1 Å². The van der Waals surface area contributed by atoms with Gasteiger partial charge in [0.15, 0.2) is 0 Å². The van der Waals surface area contributed by atoms with Gasteiger partial charge >= 0.3 is 5.97 Å². The van der Waals surface area contributed by atoms with Gasteiger partial charge in [0.05, 0.1) is 31.2 Å². The summed E-state index contributed by atoms with van der Waals surface area (Å²) in [6, 6.07) is 0. The zero-order chi connectivity index (χ0) is 19.0. The Morgan fingerprint density at radius 2 is 1.77 bits per heavy atom. The first-order chi connectivity index (χ1) is 12.4. The molecule has 0 aromatic heterocycles. The first-order valence-corrected chi connectivity index (χ1v) is 10.1. The van der Waals surface area contributed by atoms with Crippen LogP contribution in [-0.4, -0.2) is 37.5 Å². The average Bonchev–Trinajstić information content (AvgIpc) is 2.65. The van der Waals surface area contributed by atoms with Crippen molar-refractivity contribution in [3.05, 3.63) is 12.2 Å². The molecule has 0 heterocycles. The maximum absolute atomic E-state index is 12.2. The first kappa shape index (κ1) is 21.4. The Labute approximate surface area is 158 Å². The summed E-state index contributed by atoms with van der Waals surface area (Å²) in [5.41, 5.74) is -0.650. The van der Waals surface area contributed by atoms with Crippen LogP contribution in [-0.2, 0) is 19.3 Å². The molecule has 26 heavy (non-hydrogen) atoms. The summed E-state index contributed by atoms with van der Waals surface area (Å²) in [5.74, 6) is 1.52. The number of esters is 1. The van der Waals surface area contributed by atoms with Crippen LogP contribution in [0, 0.1) is 29.1 Å². The second-order valence-corrected chi connectivity index (χ2v) is 8.80. The molecular formula is C21H36O5. The van der Waals surface area contributed by atoms with Gasteiger partial charge in [-0.25, -0.2) is 9.78 Å². The molecule has 1 N–H and O–H groups in total. The number of carbonyl (C=O) groups is 1. The van der Waals surface area contributed by atoms with E-state index in [4.69, 9.17) is 14.5 Å². The summed E-state index contributed by atoms with van der Waals surface area (Å²) in [4.78, 5) is 22.9. The molecule has 1 saturated carbocycles. The van der Waals surface area contributed by atoms with Gasteiger partial charge in [-0.3, -0.25) is 4.79 Å². The Hall–Kier alpha value is -0.910. The second kappa shape index (κ2) is 10.4. The lowest BCUT2D eigenvalue weighted by Crippen LogP contribution is -2.35. The van der Waals surface area contributed by atoms with Crippen LogP contribution in [0.4, 0.5) is 0 Å². The fourth-order valence-corrected chi connectivity index (χ4v) is 3.46. The minimum atomic E-state index is -0.650. The molecule has 0 bridgehead atoms. The third-order valence-electron chi connectivity index (χ3n) is 5.78. The Kier molecular flexibility index (Phi) is 8.58. The van der Waals surface area contributed by atoms with Gasteiger partial charge in [0.2, 0.25) is 0 Å². The summed E-state index contributed by atoms with van der Waals surface area (Å²) in [6.45, 7) is 7.09. The van der Waals surface area contributed by atoms with E-state index in [9.17, 15) is 9.90 Å². The molecule has 3 unspecified atom stereocenters. The molecule has 5 nitrogen and oxygen atoms in total. The highest BCUT2D eigenvalue weighted by atomic mass is 17.2. The predicted octanol–water partition coefficient (Wildman–Crippen LogP) is 3.91. The van der Waals surface area contributed by atoms with E-state index in [1.807, 2.05) is 13.0 Å². The monoisotopic (exact) mass is 368 g/mol. The van der Waals surface area contributed by atoms with Crippen molar-refractivity contribution in [1.29, 1.82) is 0 Å². The van der Waals surface area contributed by atoms with Gasteiger partial charge in [-0.05, 0) is 43.4 Å². The van der Waals surface area contributed by atoms with Crippen molar-refractivity contribution >= 4 is 5.97 Å². The third kappa shape index (κ3) is 7.01. The lowest BCUT2D eigenvalue weighted by Gasteiger charge is -2.28. The molecule has 0 radical (unpaired) electrons. The van der Waals surface area contributed by atoms with Crippen LogP contribution in [0.3, 0.4) is 0 Å². The summed E-state index contributed by atoms with van der Waals surface area (Å²) in [5, 5.41) is 9.68. The van der Waals surface area contributed by atoms with Gasteiger partial charge in [-0.1, -0.05) is 45.8 Å². The number of aliphatic hydroxyl groups is 1. The lowest BCUT2D eigenvalue weighted by molar-refractivity contribution is -0.319. The largest absolute Gasteiger partial charge is 0.464 e. The molecule has 1 fully saturated rings. The van der Waals surface area contributed by atoms with Crippen molar-refractivity contribution in [2.45, 2.75) is 59.3 Å². The van der Waals surface area contributed by atoms with Crippen molar-refractivity contribution in [3.8, 4) is 0 Å². The molecule has 0 aromatic carbocycles. The Morgan fingerprint density at radius 1 is 1.04 bits per heavy atom. The minimum Gasteiger partial charge on any atom is -0.464 e. The maximum atomic E-state index is 12.2. The molecule has 2 aliphatic carbocycles. The van der Waals surface area contributed by atoms with Crippen molar-refractivity contribution in [1.82, 2.24) is 0 Å². The fourth-order valence-electron chi connectivity index (χ4n) is 3.46. The van der Waals surface area contributed by atoms with Gasteiger partial charge < -0.3 is 9.84 Å². The zero-order valence-corrected chi connectivity index (χ0v) is 16.6. The van der Waals surface area contributed by atoms with Crippen LogP contribution in [0.15, 0.2) is 12.2 Å². The Bertz CT molecular complexity index is 455. The number of hydrogen-bond donors (Lipinski definition) is 1.